The molecule has 116 valence electrons. The maximum Gasteiger partial charge on any atom is 0.228 e. The van der Waals surface area contributed by atoms with E-state index < -0.39 is 0 Å². The number of likely N-dealkylation sites (tertiary alicyclic amines) is 2. The molecule has 2 aliphatic rings. The summed E-state index contributed by atoms with van der Waals surface area (Å²) in [4.78, 5) is 17.6. The largest absolute Gasteiger partial charge is 0.338 e. The second kappa shape index (κ2) is 6.93. The van der Waals surface area contributed by atoms with Gasteiger partial charge in [-0.05, 0) is 51.6 Å². The Balaban J connectivity index is 1.99. The summed E-state index contributed by atoms with van der Waals surface area (Å²) in [6.07, 6.45) is 8.65. The molecule has 1 amide bonds. The van der Waals surface area contributed by atoms with Gasteiger partial charge in [-0.2, -0.15) is 0 Å². The number of nitrogens with zero attached hydrogens (tertiary/aromatic N) is 2. The van der Waals surface area contributed by atoms with E-state index in [0.29, 0.717) is 11.9 Å². The fourth-order valence-corrected chi connectivity index (χ4v) is 3.44. The topological polar surface area (TPSA) is 23.6 Å². The molecular formula is C17H32N2O. The maximum absolute atomic E-state index is 12.8. The molecule has 0 aliphatic carbocycles. The normalized spacial score (nSPS) is 25.8. The Morgan fingerprint density at radius 1 is 1.05 bits per heavy atom. The highest BCUT2D eigenvalue weighted by Gasteiger charge is 2.35. The predicted molar refractivity (Wildman–Crippen MR) is 83.7 cm³/mol. The van der Waals surface area contributed by atoms with Gasteiger partial charge in [0.05, 0.1) is 0 Å². The molecule has 1 unspecified atom stereocenters. The zero-order valence-electron chi connectivity index (χ0n) is 13.7. The smallest absolute Gasteiger partial charge is 0.228 e. The minimum absolute atomic E-state index is 0.197. The third-order valence-corrected chi connectivity index (χ3v) is 5.27. The average Bonchev–Trinajstić information content (AvgIpc) is 2.48. The minimum atomic E-state index is -0.197. The van der Waals surface area contributed by atoms with Crippen LogP contribution in [0.4, 0.5) is 0 Å². The Kier molecular flexibility index (Phi) is 5.48. The summed E-state index contributed by atoms with van der Waals surface area (Å²) < 4.78 is 0. The van der Waals surface area contributed by atoms with Crippen molar-refractivity contribution in [3.05, 3.63) is 0 Å². The molecule has 0 aromatic heterocycles. The fraction of sp³-hybridized carbons (Fsp3) is 0.941. The molecule has 0 aromatic rings. The quantitative estimate of drug-likeness (QED) is 0.789. The molecule has 0 N–H and O–H groups in total. The van der Waals surface area contributed by atoms with Gasteiger partial charge in [-0.25, -0.2) is 0 Å². The van der Waals surface area contributed by atoms with E-state index in [1.807, 2.05) is 0 Å². The van der Waals surface area contributed by atoms with Gasteiger partial charge >= 0.3 is 0 Å². The van der Waals surface area contributed by atoms with Crippen LogP contribution in [0.3, 0.4) is 0 Å². The van der Waals surface area contributed by atoms with E-state index in [9.17, 15) is 4.79 Å². The summed E-state index contributed by atoms with van der Waals surface area (Å²) in [6, 6.07) is 0.458. The van der Waals surface area contributed by atoms with Gasteiger partial charge in [0.15, 0.2) is 0 Å². The van der Waals surface area contributed by atoms with E-state index in [-0.39, 0.29) is 5.41 Å². The zero-order chi connectivity index (χ0) is 14.6. The second-order valence-electron chi connectivity index (χ2n) is 7.25. The molecule has 0 aromatic carbocycles. The monoisotopic (exact) mass is 280 g/mol. The van der Waals surface area contributed by atoms with E-state index in [1.165, 1.54) is 51.6 Å². The highest BCUT2D eigenvalue weighted by molar-refractivity contribution is 5.82. The number of hydrogen-bond acceptors (Lipinski definition) is 2. The van der Waals surface area contributed by atoms with E-state index in [2.05, 4.69) is 30.6 Å². The molecule has 1 atom stereocenters. The number of carbonyl (C=O) groups is 1. The van der Waals surface area contributed by atoms with Crippen LogP contribution < -0.4 is 0 Å². The van der Waals surface area contributed by atoms with Crippen LogP contribution in [0.1, 0.15) is 65.7 Å². The standard InChI is InChI=1S/C17H32N2O/c1-4-17(2,3)16(20)19-13-9-6-10-15(19)14-18-11-7-5-8-12-18/h15H,4-14H2,1-3H3. The van der Waals surface area contributed by atoms with Gasteiger partial charge in [0.2, 0.25) is 5.91 Å². The first-order valence-electron chi connectivity index (χ1n) is 8.58. The molecular weight excluding hydrogens is 248 g/mol. The van der Waals surface area contributed by atoms with Crippen molar-refractivity contribution in [3.8, 4) is 0 Å². The zero-order valence-corrected chi connectivity index (χ0v) is 13.7. The Morgan fingerprint density at radius 3 is 2.35 bits per heavy atom. The summed E-state index contributed by atoms with van der Waals surface area (Å²) in [5.74, 6) is 0.377. The molecule has 0 spiro atoms. The van der Waals surface area contributed by atoms with Crippen LogP contribution in [0.15, 0.2) is 0 Å². The molecule has 0 bridgehead atoms. The Hall–Kier alpha value is -0.570. The van der Waals surface area contributed by atoms with Crippen LogP contribution in [0.25, 0.3) is 0 Å². The van der Waals surface area contributed by atoms with Crippen molar-refractivity contribution in [2.24, 2.45) is 5.41 Å². The predicted octanol–water partition coefficient (Wildman–Crippen LogP) is 3.29. The van der Waals surface area contributed by atoms with Crippen LogP contribution in [0, 0.1) is 5.41 Å². The van der Waals surface area contributed by atoms with Crippen molar-refractivity contribution >= 4 is 5.91 Å². The number of amides is 1. The summed E-state index contributed by atoms with van der Waals surface area (Å²) in [5, 5.41) is 0. The molecule has 0 radical (unpaired) electrons. The summed E-state index contributed by atoms with van der Waals surface area (Å²) >= 11 is 0. The first-order chi connectivity index (χ1) is 9.54. The molecule has 2 rings (SSSR count). The Labute approximate surface area is 124 Å². The van der Waals surface area contributed by atoms with Crippen molar-refractivity contribution < 1.29 is 4.79 Å². The van der Waals surface area contributed by atoms with Gasteiger partial charge in [0.1, 0.15) is 0 Å². The van der Waals surface area contributed by atoms with E-state index in [4.69, 9.17) is 0 Å². The van der Waals surface area contributed by atoms with Gasteiger partial charge in [-0.1, -0.05) is 27.2 Å². The summed E-state index contributed by atoms with van der Waals surface area (Å²) in [7, 11) is 0. The van der Waals surface area contributed by atoms with Gasteiger partial charge in [0.25, 0.3) is 0 Å². The van der Waals surface area contributed by atoms with E-state index in [0.717, 1.165) is 19.5 Å². The number of carbonyl (C=O) groups excluding carboxylic acids is 1. The molecule has 0 saturated carbocycles. The van der Waals surface area contributed by atoms with E-state index in [1.54, 1.807) is 0 Å². The van der Waals surface area contributed by atoms with Crippen molar-refractivity contribution in [1.82, 2.24) is 9.80 Å². The van der Waals surface area contributed by atoms with Crippen molar-refractivity contribution in [2.75, 3.05) is 26.2 Å². The maximum atomic E-state index is 12.8. The molecule has 2 aliphatic heterocycles. The lowest BCUT2D eigenvalue weighted by Crippen LogP contribution is -2.53. The number of piperidine rings is 2. The highest BCUT2D eigenvalue weighted by Crippen LogP contribution is 2.28. The minimum Gasteiger partial charge on any atom is -0.338 e. The SMILES string of the molecule is CCC(C)(C)C(=O)N1CCCCC1CN1CCCCC1. The van der Waals surface area contributed by atoms with Crippen LogP contribution in [0.5, 0.6) is 0 Å². The van der Waals surface area contributed by atoms with Crippen molar-refractivity contribution in [2.45, 2.75) is 71.8 Å². The molecule has 2 heterocycles. The number of rotatable bonds is 4. The van der Waals surface area contributed by atoms with Gasteiger partial charge in [-0.15, -0.1) is 0 Å². The average molecular weight is 280 g/mol. The Bertz CT molecular complexity index is 321. The van der Waals surface area contributed by atoms with Crippen LogP contribution in [0.2, 0.25) is 0 Å². The van der Waals surface area contributed by atoms with Gasteiger partial charge < -0.3 is 9.80 Å². The molecule has 2 fully saturated rings. The van der Waals surface area contributed by atoms with Crippen LogP contribution in [-0.4, -0.2) is 47.9 Å². The van der Waals surface area contributed by atoms with Crippen LogP contribution >= 0.6 is 0 Å². The first-order valence-corrected chi connectivity index (χ1v) is 8.58. The van der Waals surface area contributed by atoms with Crippen molar-refractivity contribution in [1.29, 1.82) is 0 Å². The number of hydrogen-bond donors (Lipinski definition) is 0. The lowest BCUT2D eigenvalue weighted by molar-refractivity contribution is -0.145. The first kappa shape index (κ1) is 15.8. The highest BCUT2D eigenvalue weighted by atomic mass is 16.2. The van der Waals surface area contributed by atoms with Crippen molar-refractivity contribution in [3.63, 3.8) is 0 Å². The molecule has 20 heavy (non-hydrogen) atoms. The lowest BCUT2D eigenvalue weighted by atomic mass is 9.86. The molecule has 3 nitrogen and oxygen atoms in total. The molecule has 3 heteroatoms. The fourth-order valence-electron chi connectivity index (χ4n) is 3.44. The Morgan fingerprint density at radius 2 is 1.70 bits per heavy atom. The van der Waals surface area contributed by atoms with Gasteiger partial charge in [0, 0.05) is 24.5 Å². The third-order valence-electron chi connectivity index (χ3n) is 5.27. The lowest BCUT2D eigenvalue weighted by Gasteiger charge is -2.42. The summed E-state index contributed by atoms with van der Waals surface area (Å²) in [6.45, 7) is 10.9. The van der Waals surface area contributed by atoms with Crippen LogP contribution in [-0.2, 0) is 4.79 Å². The third kappa shape index (κ3) is 3.75. The molecule has 2 saturated heterocycles. The summed E-state index contributed by atoms with van der Waals surface area (Å²) in [5.41, 5.74) is -0.197. The van der Waals surface area contributed by atoms with Gasteiger partial charge in [-0.3, -0.25) is 4.79 Å². The van der Waals surface area contributed by atoms with E-state index >= 15 is 0 Å². The second-order valence-corrected chi connectivity index (χ2v) is 7.25.